The highest BCUT2D eigenvalue weighted by atomic mass is 35.5. The maximum Gasteiger partial charge on any atom is 0.142 e. The summed E-state index contributed by atoms with van der Waals surface area (Å²) in [4.78, 5) is 3.96. The molecular weight excluding hydrogens is 188 g/mol. The predicted molar refractivity (Wildman–Crippen MR) is 52.8 cm³/mol. The fourth-order valence-electron chi connectivity index (χ4n) is 1.45. The third kappa shape index (κ3) is 1.99. The maximum absolute atomic E-state index is 5.59. The lowest BCUT2D eigenvalue weighted by atomic mass is 10.1. The molecular formula is C9H13ClN2O. The zero-order chi connectivity index (χ0) is 8.44. The number of hydrogen-bond donors (Lipinski definition) is 1. The summed E-state index contributed by atoms with van der Waals surface area (Å²) >= 11 is 0. The van der Waals surface area contributed by atoms with Crippen molar-refractivity contribution >= 4 is 12.4 Å². The lowest BCUT2D eigenvalue weighted by Crippen LogP contribution is -2.34. The van der Waals surface area contributed by atoms with Crippen molar-refractivity contribution in [1.82, 2.24) is 10.3 Å². The van der Waals surface area contributed by atoms with Gasteiger partial charge in [-0.2, -0.15) is 0 Å². The molecule has 1 aromatic rings. The van der Waals surface area contributed by atoms with Crippen molar-refractivity contribution in [2.45, 2.75) is 12.6 Å². The third-order valence-electron chi connectivity index (χ3n) is 2.19. The second-order valence-electron chi connectivity index (χ2n) is 3.04. The number of nitrogens with one attached hydrogen (secondary N) is 1. The molecule has 0 bridgehead atoms. The van der Waals surface area contributed by atoms with Crippen molar-refractivity contribution in [2.75, 3.05) is 13.2 Å². The molecule has 0 amide bonds. The fourth-order valence-corrected chi connectivity index (χ4v) is 1.45. The van der Waals surface area contributed by atoms with E-state index in [0.717, 1.165) is 18.7 Å². The van der Waals surface area contributed by atoms with E-state index in [-0.39, 0.29) is 18.1 Å². The van der Waals surface area contributed by atoms with E-state index in [9.17, 15) is 0 Å². The van der Waals surface area contributed by atoms with Crippen LogP contribution in [0.25, 0.3) is 0 Å². The molecule has 0 spiro atoms. The van der Waals surface area contributed by atoms with E-state index < -0.39 is 0 Å². The van der Waals surface area contributed by atoms with Crippen LogP contribution in [0.15, 0.2) is 24.5 Å². The van der Waals surface area contributed by atoms with Crippen LogP contribution >= 0.6 is 12.4 Å². The highest BCUT2D eigenvalue weighted by Gasteiger charge is 2.30. The lowest BCUT2D eigenvalue weighted by molar-refractivity contribution is 0.00241. The van der Waals surface area contributed by atoms with E-state index >= 15 is 0 Å². The maximum atomic E-state index is 5.59. The number of halogens is 1. The van der Waals surface area contributed by atoms with Gasteiger partial charge in [-0.25, -0.2) is 0 Å². The first-order chi connectivity index (χ1) is 5.81. The zero-order valence-electron chi connectivity index (χ0n) is 7.49. The van der Waals surface area contributed by atoms with E-state index in [2.05, 4.69) is 10.3 Å². The first kappa shape index (κ1) is 10.4. The van der Waals surface area contributed by atoms with Gasteiger partial charge in [0.2, 0.25) is 0 Å². The Labute approximate surface area is 83.9 Å². The Hall–Kier alpha value is -0.640. The molecule has 0 aromatic carbocycles. The average molecular weight is 201 g/mol. The highest BCUT2D eigenvalue weighted by molar-refractivity contribution is 5.85. The van der Waals surface area contributed by atoms with E-state index in [1.807, 2.05) is 19.1 Å². The van der Waals surface area contributed by atoms with Gasteiger partial charge in [-0.3, -0.25) is 10.3 Å². The Morgan fingerprint density at radius 2 is 2.15 bits per heavy atom. The summed E-state index contributed by atoms with van der Waals surface area (Å²) in [6.07, 6.45) is 3.56. The molecule has 0 radical (unpaired) electrons. The highest BCUT2D eigenvalue weighted by Crippen LogP contribution is 2.24. The standard InChI is InChI=1S/C9H12N2O.ClH/c1-9(11-6-7-12-9)8-2-4-10-5-3-8;/h2-5,11H,6-7H2,1H3;1H. The van der Waals surface area contributed by atoms with Crippen molar-refractivity contribution in [3.05, 3.63) is 30.1 Å². The summed E-state index contributed by atoms with van der Waals surface area (Å²) in [6, 6.07) is 3.94. The smallest absolute Gasteiger partial charge is 0.142 e. The van der Waals surface area contributed by atoms with E-state index in [4.69, 9.17) is 4.74 Å². The van der Waals surface area contributed by atoms with Gasteiger partial charge in [0.25, 0.3) is 0 Å². The van der Waals surface area contributed by atoms with Crippen molar-refractivity contribution in [3.63, 3.8) is 0 Å². The number of hydrogen-bond acceptors (Lipinski definition) is 3. The normalized spacial score (nSPS) is 26.8. The van der Waals surface area contributed by atoms with Crippen molar-refractivity contribution in [1.29, 1.82) is 0 Å². The van der Waals surface area contributed by atoms with Gasteiger partial charge in [-0.15, -0.1) is 12.4 Å². The number of rotatable bonds is 1. The Kier molecular flexibility index (Phi) is 3.25. The molecule has 3 nitrogen and oxygen atoms in total. The Balaban J connectivity index is 0.000000845. The molecule has 1 N–H and O–H groups in total. The summed E-state index contributed by atoms with van der Waals surface area (Å²) in [5.74, 6) is 0. The van der Waals surface area contributed by atoms with Crippen LogP contribution in [0.4, 0.5) is 0 Å². The summed E-state index contributed by atoms with van der Waals surface area (Å²) < 4.78 is 5.59. The average Bonchev–Trinajstić information content (AvgIpc) is 2.55. The number of aromatic nitrogens is 1. The molecule has 1 aromatic heterocycles. The SMILES string of the molecule is CC1(c2ccncc2)NCCO1.Cl. The van der Waals surface area contributed by atoms with Gasteiger partial charge in [0.15, 0.2) is 0 Å². The zero-order valence-corrected chi connectivity index (χ0v) is 8.30. The van der Waals surface area contributed by atoms with Gasteiger partial charge in [-0.1, -0.05) is 0 Å². The Morgan fingerprint density at radius 3 is 2.69 bits per heavy atom. The van der Waals surface area contributed by atoms with Crippen molar-refractivity contribution in [3.8, 4) is 0 Å². The first-order valence-corrected chi connectivity index (χ1v) is 4.11. The minimum absolute atomic E-state index is 0. The molecule has 1 saturated heterocycles. The van der Waals surface area contributed by atoms with Crippen LogP contribution in [0.3, 0.4) is 0 Å². The topological polar surface area (TPSA) is 34.2 Å². The fraction of sp³-hybridized carbons (Fsp3) is 0.444. The van der Waals surface area contributed by atoms with Gasteiger partial charge in [0.05, 0.1) is 6.61 Å². The monoisotopic (exact) mass is 200 g/mol. The van der Waals surface area contributed by atoms with Gasteiger partial charge in [-0.05, 0) is 19.1 Å². The third-order valence-corrected chi connectivity index (χ3v) is 2.19. The molecule has 0 aliphatic carbocycles. The molecule has 1 aliphatic rings. The van der Waals surface area contributed by atoms with Gasteiger partial charge in [0.1, 0.15) is 5.72 Å². The summed E-state index contributed by atoms with van der Waals surface area (Å²) in [6.45, 7) is 3.73. The summed E-state index contributed by atoms with van der Waals surface area (Å²) in [7, 11) is 0. The van der Waals surface area contributed by atoms with Crippen LogP contribution in [0.1, 0.15) is 12.5 Å². The first-order valence-electron chi connectivity index (χ1n) is 4.11. The predicted octanol–water partition coefficient (Wildman–Crippen LogP) is 1.30. The van der Waals surface area contributed by atoms with Gasteiger partial charge in [0, 0.05) is 24.5 Å². The Bertz CT molecular complexity index is 260. The van der Waals surface area contributed by atoms with E-state index in [1.54, 1.807) is 12.4 Å². The second kappa shape index (κ2) is 4.05. The molecule has 2 rings (SSSR count). The lowest BCUT2D eigenvalue weighted by Gasteiger charge is -2.23. The second-order valence-corrected chi connectivity index (χ2v) is 3.04. The molecule has 1 fully saturated rings. The van der Waals surface area contributed by atoms with E-state index in [1.165, 1.54) is 0 Å². The number of ether oxygens (including phenoxy) is 1. The van der Waals surface area contributed by atoms with E-state index in [0.29, 0.717) is 0 Å². The van der Waals surface area contributed by atoms with Crippen LogP contribution in [-0.2, 0) is 10.5 Å². The number of pyridine rings is 1. The molecule has 1 atom stereocenters. The largest absolute Gasteiger partial charge is 0.355 e. The molecule has 0 saturated carbocycles. The summed E-state index contributed by atoms with van der Waals surface area (Å²) in [5, 5.41) is 3.30. The number of nitrogens with zero attached hydrogens (tertiary/aromatic N) is 1. The van der Waals surface area contributed by atoms with Crippen molar-refractivity contribution < 1.29 is 4.74 Å². The Morgan fingerprint density at radius 1 is 1.46 bits per heavy atom. The minimum atomic E-state index is -0.303. The van der Waals surface area contributed by atoms with Crippen LogP contribution < -0.4 is 5.32 Å². The molecule has 13 heavy (non-hydrogen) atoms. The van der Waals surface area contributed by atoms with Crippen LogP contribution in [0, 0.1) is 0 Å². The van der Waals surface area contributed by atoms with Crippen molar-refractivity contribution in [2.24, 2.45) is 0 Å². The molecule has 1 unspecified atom stereocenters. The van der Waals surface area contributed by atoms with Crippen LogP contribution in [0.5, 0.6) is 0 Å². The molecule has 4 heteroatoms. The summed E-state index contributed by atoms with van der Waals surface area (Å²) in [5.41, 5.74) is 0.832. The minimum Gasteiger partial charge on any atom is -0.355 e. The van der Waals surface area contributed by atoms with Gasteiger partial charge < -0.3 is 4.74 Å². The molecule has 72 valence electrons. The van der Waals surface area contributed by atoms with Crippen LogP contribution in [-0.4, -0.2) is 18.1 Å². The quantitative estimate of drug-likeness (QED) is 0.742. The molecule has 2 heterocycles. The van der Waals surface area contributed by atoms with Gasteiger partial charge >= 0.3 is 0 Å². The van der Waals surface area contributed by atoms with Crippen LogP contribution in [0.2, 0.25) is 0 Å². The molecule has 1 aliphatic heterocycles.